The van der Waals surface area contributed by atoms with E-state index in [4.69, 9.17) is 14.2 Å². The molecule has 0 atom stereocenters. The van der Waals surface area contributed by atoms with Crippen LogP contribution < -0.4 is 9.47 Å². The van der Waals surface area contributed by atoms with Crippen molar-refractivity contribution < 1.29 is 19.0 Å². The Kier molecular flexibility index (Phi) is 6.68. The number of allylic oxidation sites excluding steroid dienone is 1. The first-order valence-electron chi connectivity index (χ1n) is 10.5. The predicted molar refractivity (Wildman–Crippen MR) is 120 cm³/mol. The van der Waals surface area contributed by atoms with Crippen molar-refractivity contribution in [2.75, 3.05) is 39.5 Å². The topological polar surface area (TPSA) is 100 Å². The van der Waals surface area contributed by atoms with Gasteiger partial charge in [0.05, 0.1) is 36.4 Å². The van der Waals surface area contributed by atoms with E-state index in [1.54, 1.807) is 23.1 Å². The maximum absolute atomic E-state index is 12.4. The number of fused-ring (bicyclic) bond motifs is 1. The number of nitrogens with one attached hydrogen (secondary N) is 1. The number of morpholine rings is 1. The molecule has 8 heteroatoms. The molecule has 32 heavy (non-hydrogen) atoms. The summed E-state index contributed by atoms with van der Waals surface area (Å²) in [6.45, 7) is 4.48. The van der Waals surface area contributed by atoms with Crippen LogP contribution in [0.25, 0.3) is 22.7 Å². The lowest BCUT2D eigenvalue weighted by atomic mass is 10.1. The van der Waals surface area contributed by atoms with E-state index in [2.05, 4.69) is 16.0 Å². The number of rotatable bonds is 7. The minimum atomic E-state index is -0.0867. The highest BCUT2D eigenvalue weighted by molar-refractivity contribution is 5.90. The maximum atomic E-state index is 12.4. The molecule has 1 fully saturated rings. The number of carbonyl (C=O) groups excluding carboxylic acids is 1. The highest BCUT2D eigenvalue weighted by atomic mass is 16.5. The molecule has 0 bridgehead atoms. The van der Waals surface area contributed by atoms with Gasteiger partial charge in [0.15, 0.2) is 18.1 Å². The molecule has 2 aromatic carbocycles. The van der Waals surface area contributed by atoms with E-state index in [0.29, 0.717) is 55.8 Å². The first kappa shape index (κ1) is 21.4. The van der Waals surface area contributed by atoms with Gasteiger partial charge < -0.3 is 24.1 Å². The molecule has 1 amide bonds. The van der Waals surface area contributed by atoms with Crippen molar-refractivity contribution in [1.29, 1.82) is 5.26 Å². The number of nitrogens with zero attached hydrogens (tertiary/aromatic N) is 3. The van der Waals surface area contributed by atoms with E-state index < -0.39 is 0 Å². The fourth-order valence-electron chi connectivity index (χ4n) is 3.45. The van der Waals surface area contributed by atoms with Gasteiger partial charge in [-0.3, -0.25) is 4.79 Å². The molecule has 1 aromatic heterocycles. The summed E-state index contributed by atoms with van der Waals surface area (Å²) in [5, 5.41) is 9.68. The van der Waals surface area contributed by atoms with Crippen molar-refractivity contribution >= 4 is 28.6 Å². The Labute approximate surface area is 186 Å². The summed E-state index contributed by atoms with van der Waals surface area (Å²) in [6.07, 6.45) is 1.74. The summed E-state index contributed by atoms with van der Waals surface area (Å²) in [4.78, 5) is 21.8. The fourth-order valence-corrected chi connectivity index (χ4v) is 3.45. The highest BCUT2D eigenvalue weighted by Crippen LogP contribution is 2.30. The molecule has 4 rings (SSSR count). The third kappa shape index (κ3) is 4.90. The molecule has 1 N–H and O–H groups in total. The van der Waals surface area contributed by atoms with Gasteiger partial charge >= 0.3 is 0 Å². The van der Waals surface area contributed by atoms with Gasteiger partial charge in [-0.25, -0.2) is 4.98 Å². The van der Waals surface area contributed by atoms with E-state index in [0.717, 1.165) is 16.6 Å². The van der Waals surface area contributed by atoms with E-state index in [-0.39, 0.29) is 12.5 Å². The second-order valence-corrected chi connectivity index (χ2v) is 7.19. The van der Waals surface area contributed by atoms with Gasteiger partial charge in [0.25, 0.3) is 5.91 Å². The molecule has 1 aliphatic rings. The number of para-hydroxylation sites is 2. The van der Waals surface area contributed by atoms with Crippen LogP contribution in [0.5, 0.6) is 11.5 Å². The summed E-state index contributed by atoms with van der Waals surface area (Å²) in [7, 11) is 0. The fraction of sp³-hybridized carbons (Fsp3) is 0.292. The van der Waals surface area contributed by atoms with Gasteiger partial charge in [-0.1, -0.05) is 18.2 Å². The summed E-state index contributed by atoms with van der Waals surface area (Å²) in [5.41, 5.74) is 2.83. The van der Waals surface area contributed by atoms with Gasteiger partial charge in [0, 0.05) is 13.1 Å². The molecule has 8 nitrogen and oxygen atoms in total. The number of amides is 1. The zero-order chi connectivity index (χ0) is 22.3. The lowest BCUT2D eigenvalue weighted by Gasteiger charge is -2.26. The number of hydrogen-bond donors (Lipinski definition) is 1. The Balaban J connectivity index is 1.53. The van der Waals surface area contributed by atoms with Crippen LogP contribution in [0.4, 0.5) is 0 Å². The third-order valence-corrected chi connectivity index (χ3v) is 5.06. The molecular formula is C24H24N4O4. The van der Waals surface area contributed by atoms with Crippen LogP contribution in [0.2, 0.25) is 0 Å². The number of nitriles is 1. The van der Waals surface area contributed by atoms with Crippen molar-refractivity contribution in [3.8, 4) is 17.6 Å². The number of hydrogen-bond acceptors (Lipinski definition) is 6. The van der Waals surface area contributed by atoms with E-state index >= 15 is 0 Å². The molecule has 0 spiro atoms. The minimum Gasteiger partial charge on any atom is -0.490 e. The maximum Gasteiger partial charge on any atom is 0.260 e. The van der Waals surface area contributed by atoms with Crippen LogP contribution in [0.15, 0.2) is 42.5 Å². The molecule has 3 aromatic rings. The van der Waals surface area contributed by atoms with E-state index in [1.165, 1.54) is 0 Å². The monoisotopic (exact) mass is 432 g/mol. The first-order valence-corrected chi connectivity index (χ1v) is 10.5. The van der Waals surface area contributed by atoms with Crippen LogP contribution in [-0.2, 0) is 9.53 Å². The highest BCUT2D eigenvalue weighted by Gasteiger charge is 2.18. The second-order valence-electron chi connectivity index (χ2n) is 7.19. The Bertz CT molecular complexity index is 1140. The van der Waals surface area contributed by atoms with Crippen LogP contribution in [0.1, 0.15) is 18.3 Å². The number of ether oxygens (including phenoxy) is 3. The number of aromatic nitrogens is 2. The SMILES string of the molecule is CCOc1cc(C=C(C#N)c2nc3ccccc3[nH]2)ccc1OCC(=O)N1CCOCC1. The molecule has 0 unspecified atom stereocenters. The molecular weight excluding hydrogens is 408 g/mol. The number of carbonyl (C=O) groups is 1. The smallest absolute Gasteiger partial charge is 0.260 e. The summed E-state index contributed by atoms with van der Waals surface area (Å²) < 4.78 is 16.8. The quantitative estimate of drug-likeness (QED) is 0.575. The largest absolute Gasteiger partial charge is 0.490 e. The second kappa shape index (κ2) is 9.98. The standard InChI is InChI=1S/C24H24N4O4/c1-2-31-22-14-17(7-8-21(22)32-16-23(29)28-9-11-30-12-10-28)13-18(15-25)24-26-19-5-3-4-6-20(19)27-24/h3-8,13-14H,2,9-12,16H2,1H3,(H,26,27). The van der Waals surface area contributed by atoms with Gasteiger partial charge in [-0.2, -0.15) is 5.26 Å². The molecule has 0 saturated carbocycles. The Morgan fingerprint density at radius 3 is 2.78 bits per heavy atom. The van der Waals surface area contributed by atoms with Gasteiger partial charge in [-0.15, -0.1) is 0 Å². The third-order valence-electron chi connectivity index (χ3n) is 5.06. The first-order chi connectivity index (χ1) is 15.7. The van der Waals surface area contributed by atoms with Crippen molar-refractivity contribution in [2.45, 2.75) is 6.92 Å². The molecule has 164 valence electrons. The predicted octanol–water partition coefficient (Wildman–Crippen LogP) is 3.26. The Hall–Kier alpha value is -3.83. The molecule has 1 saturated heterocycles. The number of H-pyrrole nitrogens is 1. The average Bonchev–Trinajstić information content (AvgIpc) is 3.26. The van der Waals surface area contributed by atoms with Crippen molar-refractivity contribution in [3.05, 3.63) is 53.9 Å². The van der Waals surface area contributed by atoms with Crippen molar-refractivity contribution in [1.82, 2.24) is 14.9 Å². The van der Waals surface area contributed by atoms with Crippen LogP contribution in [-0.4, -0.2) is 60.3 Å². The Morgan fingerprint density at radius 1 is 1.22 bits per heavy atom. The minimum absolute atomic E-state index is 0.0717. The van der Waals surface area contributed by atoms with E-state index in [9.17, 15) is 10.1 Å². The van der Waals surface area contributed by atoms with E-state index in [1.807, 2.05) is 37.3 Å². The van der Waals surface area contributed by atoms with Crippen LogP contribution in [0.3, 0.4) is 0 Å². The molecule has 0 aliphatic carbocycles. The molecule has 0 radical (unpaired) electrons. The number of imidazole rings is 1. The summed E-state index contributed by atoms with van der Waals surface area (Å²) >= 11 is 0. The van der Waals surface area contributed by atoms with Crippen LogP contribution >= 0.6 is 0 Å². The van der Waals surface area contributed by atoms with Gasteiger partial charge in [0.2, 0.25) is 0 Å². The van der Waals surface area contributed by atoms with Crippen molar-refractivity contribution in [2.24, 2.45) is 0 Å². The van der Waals surface area contributed by atoms with Crippen LogP contribution in [0, 0.1) is 11.3 Å². The number of aromatic amines is 1. The lowest BCUT2D eigenvalue weighted by molar-refractivity contribution is -0.137. The van der Waals surface area contributed by atoms with Gasteiger partial charge in [-0.05, 0) is 42.8 Å². The number of benzene rings is 2. The molecule has 2 heterocycles. The Morgan fingerprint density at radius 2 is 2.03 bits per heavy atom. The molecule has 1 aliphatic heterocycles. The van der Waals surface area contributed by atoms with Gasteiger partial charge in [0.1, 0.15) is 11.9 Å². The summed E-state index contributed by atoms with van der Waals surface area (Å²) in [5.74, 6) is 1.41. The normalized spacial score (nSPS) is 14.2. The lowest BCUT2D eigenvalue weighted by Crippen LogP contribution is -2.43. The zero-order valence-electron chi connectivity index (χ0n) is 17.8. The van der Waals surface area contributed by atoms with Crippen molar-refractivity contribution in [3.63, 3.8) is 0 Å². The summed E-state index contributed by atoms with van der Waals surface area (Å²) in [6, 6.07) is 15.2. The average molecular weight is 432 g/mol. The zero-order valence-corrected chi connectivity index (χ0v) is 17.8.